The topological polar surface area (TPSA) is 127 Å². The summed E-state index contributed by atoms with van der Waals surface area (Å²) in [6.45, 7) is 0.0115. The molecule has 0 spiro atoms. The van der Waals surface area contributed by atoms with E-state index in [0.717, 1.165) is 0 Å². The molecule has 0 saturated carbocycles. The van der Waals surface area contributed by atoms with Gasteiger partial charge in [0.25, 0.3) is 17.2 Å². The monoisotopic (exact) mass is 501 g/mol. The standard InChI is InChI=1S/C26H17FN4O6/c27-18-5-9-20(10-6-18)30-12-1-2-21(26(30)33)25(32)29-19-7-3-16(4-8-19)15-37-23-22-17(11-13-36-22)14-28-24(23)31(34)35/h1-14H,15H2,(H-,29,32,34,35)/p+1. The van der Waals surface area contributed by atoms with E-state index in [4.69, 9.17) is 9.15 Å². The van der Waals surface area contributed by atoms with E-state index in [1.807, 2.05) is 0 Å². The zero-order chi connectivity index (χ0) is 25.9. The van der Waals surface area contributed by atoms with Crippen LogP contribution in [0.15, 0.2) is 94.6 Å². The summed E-state index contributed by atoms with van der Waals surface area (Å²) in [7, 11) is 0. The van der Waals surface area contributed by atoms with Crippen LogP contribution in [0.25, 0.3) is 16.7 Å². The van der Waals surface area contributed by atoms with Gasteiger partial charge in [-0.05, 0) is 70.1 Å². The smallest absolute Gasteiger partial charge is 0.454 e. The van der Waals surface area contributed by atoms with E-state index in [-0.39, 0.29) is 29.3 Å². The highest BCUT2D eigenvalue weighted by Crippen LogP contribution is 2.34. The van der Waals surface area contributed by atoms with Crippen molar-refractivity contribution < 1.29 is 28.5 Å². The number of carbonyl (C=O) groups excluding carboxylic acids is 1. The van der Waals surface area contributed by atoms with Crippen molar-refractivity contribution in [2.24, 2.45) is 0 Å². The van der Waals surface area contributed by atoms with Crippen LogP contribution in [-0.4, -0.2) is 25.6 Å². The number of nitrogens with zero attached hydrogens (tertiary/aromatic N) is 3. The fraction of sp³-hybridized carbons (Fsp3) is 0.0385. The number of halogens is 1. The lowest BCUT2D eigenvalue weighted by molar-refractivity contribution is -0.732. The van der Waals surface area contributed by atoms with Crippen LogP contribution in [0.2, 0.25) is 0 Å². The Hall–Kier alpha value is -5.32. The van der Waals surface area contributed by atoms with E-state index in [1.165, 1.54) is 53.6 Å². The van der Waals surface area contributed by atoms with E-state index in [1.54, 1.807) is 36.4 Å². The van der Waals surface area contributed by atoms with Crippen LogP contribution in [0, 0.1) is 10.7 Å². The number of anilines is 1. The first-order valence-electron chi connectivity index (χ1n) is 10.9. The maximum atomic E-state index is 13.2. The summed E-state index contributed by atoms with van der Waals surface area (Å²) in [4.78, 5) is 40.6. The lowest BCUT2D eigenvalue weighted by Gasteiger charge is -2.10. The number of aromatic nitrogens is 2. The molecular weight excluding hydrogens is 483 g/mol. The number of benzene rings is 2. The fourth-order valence-corrected chi connectivity index (χ4v) is 3.67. The molecule has 0 aliphatic heterocycles. The summed E-state index contributed by atoms with van der Waals surface area (Å²) in [6, 6.07) is 16.6. The van der Waals surface area contributed by atoms with Gasteiger partial charge in [-0.25, -0.2) is 4.39 Å². The number of ether oxygens (including phenoxy) is 1. The Morgan fingerprint density at radius 3 is 2.59 bits per heavy atom. The number of pyridine rings is 2. The molecule has 0 fully saturated rings. The second kappa shape index (κ2) is 9.74. The van der Waals surface area contributed by atoms with Crippen LogP contribution in [0.4, 0.5) is 15.9 Å². The predicted octanol–water partition coefficient (Wildman–Crippen LogP) is 4.75. The van der Waals surface area contributed by atoms with Crippen molar-refractivity contribution >= 4 is 28.4 Å². The quantitative estimate of drug-likeness (QED) is 0.308. The average molecular weight is 501 g/mol. The molecule has 2 N–H and O–H groups in total. The van der Waals surface area contributed by atoms with E-state index in [2.05, 4.69) is 10.3 Å². The Kier molecular flexibility index (Phi) is 6.17. The third kappa shape index (κ3) is 4.78. The Balaban J connectivity index is 1.30. The first-order chi connectivity index (χ1) is 17.9. The minimum Gasteiger partial charge on any atom is -0.478 e. The molecule has 5 aromatic rings. The van der Waals surface area contributed by atoms with Crippen molar-refractivity contribution in [3.8, 4) is 11.4 Å². The van der Waals surface area contributed by atoms with Gasteiger partial charge in [-0.3, -0.25) is 14.2 Å². The lowest BCUT2D eigenvalue weighted by atomic mass is 10.2. The number of fused-ring (bicyclic) bond motifs is 1. The molecule has 3 aromatic heterocycles. The van der Waals surface area contributed by atoms with Gasteiger partial charge >= 0.3 is 5.82 Å². The van der Waals surface area contributed by atoms with Gasteiger partial charge in [-0.1, -0.05) is 12.1 Å². The number of furan rings is 1. The molecule has 11 heteroatoms. The second-order valence-electron chi connectivity index (χ2n) is 7.90. The number of amides is 1. The minimum atomic E-state index is -0.607. The number of hydrogen-bond acceptors (Lipinski definition) is 6. The summed E-state index contributed by atoms with van der Waals surface area (Å²) in [6.07, 6.45) is 4.28. The second-order valence-corrected chi connectivity index (χ2v) is 7.90. The molecule has 1 amide bonds. The van der Waals surface area contributed by atoms with Gasteiger partial charge in [-0.15, -0.1) is 0 Å². The molecule has 0 radical (unpaired) electrons. The summed E-state index contributed by atoms with van der Waals surface area (Å²) < 4.78 is 25.5. The Bertz CT molecular complexity index is 1680. The molecule has 10 nitrogen and oxygen atoms in total. The van der Waals surface area contributed by atoms with Crippen LogP contribution in [-0.2, 0) is 6.61 Å². The number of hydrogen-bond donors (Lipinski definition) is 2. The Labute approximate surface area is 207 Å². The van der Waals surface area contributed by atoms with Gasteiger partial charge in [0.15, 0.2) is 16.7 Å². The van der Waals surface area contributed by atoms with E-state index >= 15 is 0 Å². The van der Waals surface area contributed by atoms with E-state index in [9.17, 15) is 24.1 Å². The molecule has 0 atom stereocenters. The first kappa shape index (κ1) is 23.4. The molecule has 3 heterocycles. The molecule has 2 aromatic carbocycles. The van der Waals surface area contributed by atoms with Crippen LogP contribution in [0.3, 0.4) is 0 Å². The summed E-state index contributed by atoms with van der Waals surface area (Å²) >= 11 is 0. The van der Waals surface area contributed by atoms with Crippen LogP contribution < -0.4 is 15.6 Å². The Morgan fingerprint density at radius 2 is 1.86 bits per heavy atom. The molecule has 0 bridgehead atoms. The molecule has 0 aliphatic rings. The van der Waals surface area contributed by atoms with Crippen molar-refractivity contribution in [1.29, 1.82) is 0 Å². The SMILES string of the molecule is O=C(Nc1ccc(COc2c([N+](=O)O)ncc3ccoc23)cc1)c1cccn(-c2ccc(F)cc2)c1=O. The van der Waals surface area contributed by atoms with Gasteiger partial charge in [0.2, 0.25) is 0 Å². The zero-order valence-electron chi connectivity index (χ0n) is 19.0. The number of rotatable bonds is 7. The number of carbonyl (C=O) groups is 1. The molecular formula is C26H18FN4O6+. The van der Waals surface area contributed by atoms with Gasteiger partial charge in [0, 0.05) is 17.6 Å². The first-order valence-corrected chi connectivity index (χ1v) is 10.9. The van der Waals surface area contributed by atoms with Crippen molar-refractivity contribution in [2.75, 3.05) is 5.32 Å². The zero-order valence-corrected chi connectivity index (χ0v) is 19.0. The van der Waals surface area contributed by atoms with E-state index < -0.39 is 22.2 Å². The molecule has 0 unspecified atom stereocenters. The molecule has 0 aliphatic carbocycles. The van der Waals surface area contributed by atoms with Crippen molar-refractivity contribution in [1.82, 2.24) is 9.55 Å². The summed E-state index contributed by atoms with van der Waals surface area (Å²) in [5.41, 5.74) is 1.16. The lowest BCUT2D eigenvalue weighted by Crippen LogP contribution is -2.27. The van der Waals surface area contributed by atoms with Gasteiger partial charge in [0.05, 0.1) is 11.6 Å². The van der Waals surface area contributed by atoms with Crippen molar-refractivity contribution in [3.63, 3.8) is 0 Å². The van der Waals surface area contributed by atoms with Crippen LogP contribution in [0.1, 0.15) is 15.9 Å². The summed E-state index contributed by atoms with van der Waals surface area (Å²) in [5.74, 6) is -1.40. The fourth-order valence-electron chi connectivity index (χ4n) is 3.67. The maximum absolute atomic E-state index is 13.2. The third-order valence-electron chi connectivity index (χ3n) is 5.50. The highest BCUT2D eigenvalue weighted by atomic mass is 19.1. The normalized spacial score (nSPS) is 10.8. The van der Waals surface area contributed by atoms with Crippen LogP contribution >= 0.6 is 0 Å². The van der Waals surface area contributed by atoms with Crippen LogP contribution in [0.5, 0.6) is 5.75 Å². The third-order valence-corrected chi connectivity index (χ3v) is 5.50. The number of nitrogens with one attached hydrogen (secondary N) is 1. The van der Waals surface area contributed by atoms with Crippen molar-refractivity contribution in [3.05, 3.63) is 118 Å². The van der Waals surface area contributed by atoms with Gasteiger partial charge in [-0.2, -0.15) is 0 Å². The minimum absolute atomic E-state index is 0.0115. The van der Waals surface area contributed by atoms with Gasteiger partial charge < -0.3 is 19.7 Å². The van der Waals surface area contributed by atoms with E-state index in [0.29, 0.717) is 22.3 Å². The van der Waals surface area contributed by atoms with Gasteiger partial charge in [0.1, 0.15) is 18.0 Å². The maximum Gasteiger partial charge on any atom is 0.454 e. The highest BCUT2D eigenvalue weighted by molar-refractivity contribution is 6.04. The predicted molar refractivity (Wildman–Crippen MR) is 130 cm³/mol. The largest absolute Gasteiger partial charge is 0.478 e. The van der Waals surface area contributed by atoms with Crippen molar-refractivity contribution in [2.45, 2.75) is 6.61 Å². The summed E-state index contributed by atoms with van der Waals surface area (Å²) in [5, 5.41) is 12.6. The highest BCUT2D eigenvalue weighted by Gasteiger charge is 2.27. The molecule has 184 valence electrons. The molecule has 0 saturated heterocycles. The average Bonchev–Trinajstić information content (AvgIpc) is 3.38. The molecule has 37 heavy (non-hydrogen) atoms. The molecule has 5 rings (SSSR count). The Morgan fingerprint density at radius 1 is 1.11 bits per heavy atom.